The minimum atomic E-state index is -4.59. The number of carbonyl (C=O) groups excluding carboxylic acids is 1. The van der Waals surface area contributed by atoms with Crippen LogP contribution in [0.2, 0.25) is 0 Å². The van der Waals surface area contributed by atoms with Crippen LogP contribution in [0.4, 0.5) is 24.8 Å². The predicted octanol–water partition coefficient (Wildman–Crippen LogP) is 2.59. The number of aromatic amines is 1. The molecule has 1 atom stereocenters. The number of amides is 1. The molecule has 0 spiro atoms. The van der Waals surface area contributed by atoms with Crippen molar-refractivity contribution < 1.29 is 18.0 Å². The lowest BCUT2D eigenvalue weighted by Gasteiger charge is -2.35. The van der Waals surface area contributed by atoms with E-state index in [9.17, 15) is 18.0 Å². The third-order valence-electron chi connectivity index (χ3n) is 5.44. The van der Waals surface area contributed by atoms with Gasteiger partial charge in [0.1, 0.15) is 11.7 Å². The number of aromatic nitrogens is 4. The Morgan fingerprint density at radius 3 is 2.67 bits per heavy atom. The van der Waals surface area contributed by atoms with Gasteiger partial charge in [-0.15, -0.1) is 0 Å². The molecule has 0 saturated carbocycles. The number of nitrogens with one attached hydrogen (secondary N) is 3. The molecule has 1 fully saturated rings. The van der Waals surface area contributed by atoms with Gasteiger partial charge in [0.2, 0.25) is 0 Å². The second-order valence-corrected chi connectivity index (χ2v) is 7.92. The van der Waals surface area contributed by atoms with Gasteiger partial charge in [0.15, 0.2) is 5.82 Å². The van der Waals surface area contributed by atoms with Gasteiger partial charge < -0.3 is 15.6 Å². The molecule has 1 unspecified atom stereocenters. The molecule has 1 aliphatic carbocycles. The summed E-state index contributed by atoms with van der Waals surface area (Å²) in [6, 6.07) is 1.85. The Morgan fingerprint density at radius 2 is 2.00 bits per heavy atom. The number of aryl methyl sites for hydroxylation is 1. The fourth-order valence-corrected chi connectivity index (χ4v) is 3.74. The van der Waals surface area contributed by atoms with Crippen LogP contribution in [0, 0.1) is 18.3 Å². The Morgan fingerprint density at radius 1 is 1.24 bits per heavy atom. The summed E-state index contributed by atoms with van der Waals surface area (Å²) in [6.07, 6.45) is 2.05. The molecule has 1 aliphatic heterocycles. The minimum Gasteiger partial charge on any atom is -0.336 e. The summed E-state index contributed by atoms with van der Waals surface area (Å²) in [5.41, 5.74) is 0.746. The van der Waals surface area contributed by atoms with Crippen LogP contribution in [0.25, 0.3) is 0 Å². The van der Waals surface area contributed by atoms with Crippen LogP contribution in [0.1, 0.15) is 11.4 Å². The number of rotatable bonds is 5. The summed E-state index contributed by atoms with van der Waals surface area (Å²) in [5, 5.41) is 17.9. The number of hydrogen-bond donors (Lipinski definition) is 3. The van der Waals surface area contributed by atoms with Crippen molar-refractivity contribution in [3.63, 3.8) is 0 Å². The average molecular weight is 460 g/mol. The number of anilines is 2. The summed E-state index contributed by atoms with van der Waals surface area (Å²) in [7, 11) is 0. The van der Waals surface area contributed by atoms with E-state index in [1.807, 2.05) is 13.0 Å². The first-order chi connectivity index (χ1) is 15.7. The summed E-state index contributed by atoms with van der Waals surface area (Å²) in [5.74, 6) is -1.40. The smallest absolute Gasteiger partial charge is 0.336 e. The molecule has 3 heterocycles. The maximum absolute atomic E-state index is 13.1. The van der Waals surface area contributed by atoms with Crippen LogP contribution in [0.15, 0.2) is 42.3 Å². The molecule has 0 aromatic carbocycles. The molecule has 1 saturated heterocycles. The lowest BCUT2D eigenvalue weighted by Crippen LogP contribution is -2.50. The highest BCUT2D eigenvalue weighted by molar-refractivity contribution is 6.22. The van der Waals surface area contributed by atoms with E-state index in [2.05, 4.69) is 30.4 Å². The standard InChI is InChI=1S/C21H23F3N8O/c1-13-9-17(30-29-13)28-18-11-26-10-14(27-18)12-31-5-7-32(8-6-31)20(33)15-3-2-4-16(19(15)25)21(22,23)24/h2-4,9-11,16,25H,5-8,12H2,1H3,(H2,27,28,29,30). The Labute approximate surface area is 187 Å². The minimum absolute atomic E-state index is 0.202. The van der Waals surface area contributed by atoms with E-state index in [1.54, 1.807) is 12.4 Å². The third-order valence-corrected chi connectivity index (χ3v) is 5.44. The van der Waals surface area contributed by atoms with E-state index in [-0.39, 0.29) is 5.57 Å². The van der Waals surface area contributed by atoms with Gasteiger partial charge in [-0.3, -0.25) is 19.8 Å². The SMILES string of the molecule is Cc1cc(Nc2cncc(CN3CCN(C(=O)C4=CC=CC(C(F)(F)F)C4=N)CC3)n2)n[nH]1. The van der Waals surface area contributed by atoms with Crippen LogP contribution in [-0.4, -0.2) is 73.9 Å². The Bertz CT molecular complexity index is 1100. The molecule has 3 N–H and O–H groups in total. The van der Waals surface area contributed by atoms with E-state index >= 15 is 0 Å². The number of alkyl halides is 3. The van der Waals surface area contributed by atoms with E-state index in [4.69, 9.17) is 5.41 Å². The molecule has 12 heteroatoms. The van der Waals surface area contributed by atoms with E-state index in [0.717, 1.165) is 17.5 Å². The number of carbonyl (C=O) groups is 1. The van der Waals surface area contributed by atoms with Gasteiger partial charge in [0.25, 0.3) is 5.91 Å². The average Bonchev–Trinajstić information content (AvgIpc) is 3.18. The topological polar surface area (TPSA) is 114 Å². The number of allylic oxidation sites excluding steroid dienone is 3. The Hall–Kier alpha value is -3.54. The van der Waals surface area contributed by atoms with Crippen LogP contribution in [0.5, 0.6) is 0 Å². The molecule has 0 bridgehead atoms. The molecule has 2 aromatic rings. The Balaban J connectivity index is 1.32. The van der Waals surface area contributed by atoms with Crippen LogP contribution in [-0.2, 0) is 11.3 Å². The van der Waals surface area contributed by atoms with E-state index in [1.165, 1.54) is 17.1 Å². The highest BCUT2D eigenvalue weighted by Crippen LogP contribution is 2.32. The lowest BCUT2D eigenvalue weighted by molar-refractivity contribution is -0.144. The molecule has 4 rings (SSSR count). The summed E-state index contributed by atoms with van der Waals surface area (Å²) < 4.78 is 39.3. The van der Waals surface area contributed by atoms with Gasteiger partial charge in [-0.25, -0.2) is 4.98 Å². The van der Waals surface area contributed by atoms with Gasteiger partial charge in [0.05, 0.1) is 23.2 Å². The van der Waals surface area contributed by atoms with Gasteiger partial charge in [-0.2, -0.15) is 18.3 Å². The van der Waals surface area contributed by atoms with Crippen LogP contribution >= 0.6 is 0 Å². The summed E-state index contributed by atoms with van der Waals surface area (Å²) in [6.45, 7) is 4.17. The number of H-pyrrole nitrogens is 1. The fraction of sp³-hybridized carbons (Fsp3) is 0.381. The van der Waals surface area contributed by atoms with Crippen molar-refractivity contribution >= 4 is 23.3 Å². The summed E-state index contributed by atoms with van der Waals surface area (Å²) in [4.78, 5) is 25.1. The van der Waals surface area contributed by atoms with Crippen molar-refractivity contribution in [2.45, 2.75) is 19.6 Å². The molecular weight excluding hydrogens is 437 g/mol. The number of hydrogen-bond acceptors (Lipinski definition) is 7. The van der Waals surface area contributed by atoms with Crippen LogP contribution in [0.3, 0.4) is 0 Å². The fourth-order valence-electron chi connectivity index (χ4n) is 3.74. The molecule has 33 heavy (non-hydrogen) atoms. The van der Waals surface area contributed by atoms with Gasteiger partial charge in [-0.05, 0) is 13.0 Å². The van der Waals surface area contributed by atoms with Gasteiger partial charge in [0, 0.05) is 50.7 Å². The largest absolute Gasteiger partial charge is 0.400 e. The van der Waals surface area contributed by atoms with Crippen molar-refractivity contribution in [2.75, 3.05) is 31.5 Å². The summed E-state index contributed by atoms with van der Waals surface area (Å²) >= 11 is 0. The third kappa shape index (κ3) is 5.28. The van der Waals surface area contributed by atoms with Crippen molar-refractivity contribution in [2.24, 2.45) is 5.92 Å². The molecule has 0 radical (unpaired) electrons. The highest BCUT2D eigenvalue weighted by Gasteiger charge is 2.44. The molecule has 2 aromatic heterocycles. The molecule has 1 amide bonds. The number of piperazine rings is 1. The van der Waals surface area contributed by atoms with Crippen molar-refractivity contribution in [1.29, 1.82) is 5.41 Å². The second-order valence-electron chi connectivity index (χ2n) is 7.92. The number of nitrogens with zero attached hydrogens (tertiary/aromatic N) is 5. The van der Waals surface area contributed by atoms with E-state index < -0.39 is 23.7 Å². The van der Waals surface area contributed by atoms with Gasteiger partial charge in [-0.1, -0.05) is 12.2 Å². The van der Waals surface area contributed by atoms with Crippen molar-refractivity contribution in [1.82, 2.24) is 30.0 Å². The maximum atomic E-state index is 13.1. The maximum Gasteiger partial charge on any atom is 0.400 e. The second kappa shape index (κ2) is 9.14. The lowest BCUT2D eigenvalue weighted by atomic mass is 9.90. The van der Waals surface area contributed by atoms with Crippen LogP contribution < -0.4 is 5.32 Å². The van der Waals surface area contributed by atoms with Crippen molar-refractivity contribution in [3.8, 4) is 0 Å². The zero-order valence-electron chi connectivity index (χ0n) is 17.9. The molecule has 9 nitrogen and oxygen atoms in total. The zero-order valence-corrected chi connectivity index (χ0v) is 17.9. The zero-order chi connectivity index (χ0) is 23.6. The normalized spacial score (nSPS) is 19.5. The first-order valence-corrected chi connectivity index (χ1v) is 10.4. The first-order valence-electron chi connectivity index (χ1n) is 10.4. The quantitative estimate of drug-likeness (QED) is 0.632. The predicted molar refractivity (Wildman–Crippen MR) is 115 cm³/mol. The molecule has 2 aliphatic rings. The highest BCUT2D eigenvalue weighted by atomic mass is 19.4. The first kappa shape index (κ1) is 22.6. The van der Waals surface area contributed by atoms with Crippen molar-refractivity contribution in [3.05, 3.63) is 53.6 Å². The van der Waals surface area contributed by atoms with E-state index in [0.29, 0.717) is 44.4 Å². The van der Waals surface area contributed by atoms with Gasteiger partial charge >= 0.3 is 6.18 Å². The monoisotopic (exact) mass is 460 g/mol. The molecular formula is C21H23F3N8O. The molecule has 174 valence electrons. The number of halogens is 3. The Kier molecular flexibility index (Phi) is 6.27.